The van der Waals surface area contributed by atoms with E-state index in [-0.39, 0.29) is 24.0 Å². The summed E-state index contributed by atoms with van der Waals surface area (Å²) in [7, 11) is 1.65. The van der Waals surface area contributed by atoms with E-state index in [4.69, 9.17) is 5.11 Å². The van der Waals surface area contributed by atoms with Gasteiger partial charge in [-0.25, -0.2) is 4.98 Å². The lowest BCUT2D eigenvalue weighted by Crippen LogP contribution is -2.10. The molecule has 0 radical (unpaired) electrons. The molecule has 8 heteroatoms. The number of nitro groups is 1. The predicted octanol–water partition coefficient (Wildman–Crippen LogP) is 1.25. The Labute approximate surface area is 111 Å². The Hall–Kier alpha value is -1.96. The van der Waals surface area contributed by atoms with Crippen molar-refractivity contribution in [3.63, 3.8) is 0 Å². The summed E-state index contributed by atoms with van der Waals surface area (Å²) < 4.78 is 0. The highest BCUT2D eigenvalue weighted by Gasteiger charge is 2.16. The summed E-state index contributed by atoms with van der Waals surface area (Å²) in [5.41, 5.74) is -0.144. The Balaban J connectivity index is 2.62. The zero-order valence-electron chi connectivity index (χ0n) is 11.1. The number of aromatic nitrogens is 2. The Morgan fingerprint density at radius 1 is 1.58 bits per heavy atom. The second-order valence-electron chi connectivity index (χ2n) is 4.29. The van der Waals surface area contributed by atoms with Crippen LogP contribution in [0.15, 0.2) is 6.20 Å². The van der Waals surface area contributed by atoms with Crippen molar-refractivity contribution in [2.75, 3.05) is 30.8 Å². The monoisotopic (exact) mass is 269 g/mol. The van der Waals surface area contributed by atoms with Crippen molar-refractivity contribution >= 4 is 17.5 Å². The average molecular weight is 269 g/mol. The van der Waals surface area contributed by atoms with Gasteiger partial charge in [-0.05, 0) is 18.8 Å². The van der Waals surface area contributed by atoms with Crippen LogP contribution in [0.2, 0.25) is 0 Å². The first-order valence-electron chi connectivity index (χ1n) is 6.12. The molecule has 1 aromatic rings. The van der Waals surface area contributed by atoms with Crippen LogP contribution in [0.4, 0.5) is 17.5 Å². The van der Waals surface area contributed by atoms with Crippen LogP contribution in [0.5, 0.6) is 0 Å². The Bertz CT molecular complexity index is 427. The van der Waals surface area contributed by atoms with Crippen molar-refractivity contribution in [1.82, 2.24) is 9.97 Å². The third-order valence-electron chi connectivity index (χ3n) is 2.67. The molecule has 1 rings (SSSR count). The van der Waals surface area contributed by atoms with Gasteiger partial charge < -0.3 is 15.7 Å². The molecule has 3 N–H and O–H groups in total. The molecule has 19 heavy (non-hydrogen) atoms. The summed E-state index contributed by atoms with van der Waals surface area (Å²) >= 11 is 0. The summed E-state index contributed by atoms with van der Waals surface area (Å²) in [6, 6.07) is 0. The van der Waals surface area contributed by atoms with Crippen molar-refractivity contribution in [1.29, 1.82) is 0 Å². The number of hydrogen-bond acceptors (Lipinski definition) is 7. The molecule has 1 unspecified atom stereocenters. The van der Waals surface area contributed by atoms with E-state index < -0.39 is 4.92 Å². The number of aliphatic hydroxyl groups excluding tert-OH is 1. The van der Waals surface area contributed by atoms with Crippen molar-refractivity contribution in [2.45, 2.75) is 19.8 Å². The predicted molar refractivity (Wildman–Crippen MR) is 72.2 cm³/mol. The first kappa shape index (κ1) is 15.1. The van der Waals surface area contributed by atoms with Gasteiger partial charge in [-0.1, -0.05) is 6.92 Å². The standard InChI is InChI=1S/C11H19N5O3/c1-8(7-17)4-3-5-13-10-9(16(18)19)6-14-11(12-2)15-10/h6,8,17H,3-5,7H2,1-2H3,(H2,12,13,14,15). The fourth-order valence-corrected chi connectivity index (χ4v) is 1.51. The second kappa shape index (κ2) is 7.47. The van der Waals surface area contributed by atoms with E-state index in [1.165, 1.54) is 6.20 Å². The quantitative estimate of drug-likeness (QED) is 0.369. The van der Waals surface area contributed by atoms with Gasteiger partial charge in [-0.2, -0.15) is 4.98 Å². The molecule has 106 valence electrons. The van der Waals surface area contributed by atoms with Gasteiger partial charge in [0.1, 0.15) is 6.20 Å². The topological polar surface area (TPSA) is 113 Å². The van der Waals surface area contributed by atoms with E-state index in [9.17, 15) is 10.1 Å². The fraction of sp³-hybridized carbons (Fsp3) is 0.636. The molecular formula is C11H19N5O3. The number of nitrogens with one attached hydrogen (secondary N) is 2. The first-order valence-corrected chi connectivity index (χ1v) is 6.12. The van der Waals surface area contributed by atoms with Crippen LogP contribution in [-0.2, 0) is 0 Å². The molecule has 1 aromatic heterocycles. The molecule has 0 saturated heterocycles. The van der Waals surface area contributed by atoms with Crippen molar-refractivity contribution in [2.24, 2.45) is 5.92 Å². The molecule has 1 heterocycles. The average Bonchev–Trinajstić information content (AvgIpc) is 2.42. The maximum absolute atomic E-state index is 10.8. The molecule has 0 aliphatic carbocycles. The van der Waals surface area contributed by atoms with Crippen LogP contribution >= 0.6 is 0 Å². The lowest BCUT2D eigenvalue weighted by Gasteiger charge is -2.09. The summed E-state index contributed by atoms with van der Waals surface area (Å²) in [6.07, 6.45) is 2.83. The maximum atomic E-state index is 10.8. The molecule has 0 aliphatic rings. The van der Waals surface area contributed by atoms with Crippen molar-refractivity contribution in [3.8, 4) is 0 Å². The summed E-state index contributed by atoms with van der Waals surface area (Å²) in [6.45, 7) is 2.66. The summed E-state index contributed by atoms with van der Waals surface area (Å²) in [5, 5.41) is 25.4. The highest BCUT2D eigenvalue weighted by atomic mass is 16.6. The first-order chi connectivity index (χ1) is 9.08. The molecule has 0 bridgehead atoms. The number of aliphatic hydroxyl groups is 1. The highest BCUT2D eigenvalue weighted by Crippen LogP contribution is 2.21. The number of rotatable bonds is 8. The van der Waals surface area contributed by atoms with Crippen LogP contribution in [0, 0.1) is 16.0 Å². The summed E-state index contributed by atoms with van der Waals surface area (Å²) in [4.78, 5) is 18.2. The maximum Gasteiger partial charge on any atom is 0.329 e. The molecule has 8 nitrogen and oxygen atoms in total. The molecule has 1 atom stereocenters. The van der Waals surface area contributed by atoms with Crippen molar-refractivity contribution in [3.05, 3.63) is 16.3 Å². The molecular weight excluding hydrogens is 250 g/mol. The second-order valence-corrected chi connectivity index (χ2v) is 4.29. The zero-order chi connectivity index (χ0) is 14.3. The van der Waals surface area contributed by atoms with Gasteiger partial charge in [0, 0.05) is 20.2 Å². The van der Waals surface area contributed by atoms with Crippen LogP contribution in [0.3, 0.4) is 0 Å². The number of hydrogen-bond donors (Lipinski definition) is 3. The minimum absolute atomic E-state index is 0.144. The molecule has 0 fully saturated rings. The minimum atomic E-state index is -0.516. The Morgan fingerprint density at radius 2 is 2.32 bits per heavy atom. The Morgan fingerprint density at radius 3 is 2.89 bits per heavy atom. The Kier molecular flexibility index (Phi) is 5.94. The van der Waals surface area contributed by atoms with Crippen molar-refractivity contribution < 1.29 is 10.0 Å². The van der Waals surface area contributed by atoms with Gasteiger partial charge >= 0.3 is 5.69 Å². The highest BCUT2D eigenvalue weighted by molar-refractivity contribution is 5.56. The molecule has 0 spiro atoms. The van der Waals surface area contributed by atoms with Crippen LogP contribution < -0.4 is 10.6 Å². The van der Waals surface area contributed by atoms with Crippen LogP contribution in [0.25, 0.3) is 0 Å². The lowest BCUT2D eigenvalue weighted by molar-refractivity contribution is -0.384. The zero-order valence-corrected chi connectivity index (χ0v) is 11.1. The number of anilines is 2. The van der Waals surface area contributed by atoms with Gasteiger partial charge in [-0.15, -0.1) is 0 Å². The van der Waals surface area contributed by atoms with E-state index in [0.717, 1.165) is 12.8 Å². The normalized spacial score (nSPS) is 11.9. The molecule has 0 aliphatic heterocycles. The lowest BCUT2D eigenvalue weighted by atomic mass is 10.1. The van der Waals surface area contributed by atoms with Gasteiger partial charge in [-0.3, -0.25) is 10.1 Å². The largest absolute Gasteiger partial charge is 0.396 e. The number of nitrogens with zero attached hydrogens (tertiary/aromatic N) is 3. The van der Waals surface area contributed by atoms with Gasteiger partial charge in [0.05, 0.1) is 4.92 Å². The van der Waals surface area contributed by atoms with E-state index in [0.29, 0.717) is 12.5 Å². The third-order valence-corrected chi connectivity index (χ3v) is 2.67. The van der Waals surface area contributed by atoms with E-state index in [1.807, 2.05) is 6.92 Å². The van der Waals surface area contributed by atoms with E-state index >= 15 is 0 Å². The molecule has 0 aromatic carbocycles. The van der Waals surface area contributed by atoms with Gasteiger partial charge in [0.15, 0.2) is 0 Å². The van der Waals surface area contributed by atoms with Gasteiger partial charge in [0.25, 0.3) is 0 Å². The SMILES string of the molecule is CNc1ncc([N+](=O)[O-])c(NCCCC(C)CO)n1. The van der Waals surface area contributed by atoms with E-state index in [1.54, 1.807) is 7.05 Å². The molecule has 0 saturated carbocycles. The molecule has 0 amide bonds. The van der Waals surface area contributed by atoms with Crippen LogP contribution in [-0.4, -0.2) is 40.2 Å². The van der Waals surface area contributed by atoms with E-state index in [2.05, 4.69) is 20.6 Å². The van der Waals surface area contributed by atoms with Crippen LogP contribution in [0.1, 0.15) is 19.8 Å². The fourth-order valence-electron chi connectivity index (χ4n) is 1.51. The third kappa shape index (κ3) is 4.66. The van der Waals surface area contributed by atoms with Gasteiger partial charge in [0.2, 0.25) is 11.8 Å². The minimum Gasteiger partial charge on any atom is -0.396 e. The summed E-state index contributed by atoms with van der Waals surface area (Å²) in [5.74, 6) is 0.771. The smallest absolute Gasteiger partial charge is 0.329 e.